The van der Waals surface area contributed by atoms with Crippen LogP contribution in [0, 0.1) is 5.21 Å². The fraction of sp³-hybridized carbons (Fsp3) is 0.312. The first kappa shape index (κ1) is 18.8. The topological polar surface area (TPSA) is 84.9 Å². The summed E-state index contributed by atoms with van der Waals surface area (Å²) in [5, 5.41) is 23.3. The van der Waals surface area contributed by atoms with Crippen molar-refractivity contribution in [1.82, 2.24) is 10.5 Å². The van der Waals surface area contributed by atoms with E-state index < -0.39 is 34.6 Å². The number of hydroxylamine groups is 2. The van der Waals surface area contributed by atoms with Crippen LogP contribution >= 0.6 is 0 Å². The molecule has 0 bridgehead atoms. The van der Waals surface area contributed by atoms with Crippen LogP contribution in [0.25, 0.3) is 0 Å². The average Bonchev–Trinajstić information content (AvgIpc) is 2.52. The van der Waals surface area contributed by atoms with Gasteiger partial charge in [-0.2, -0.15) is 13.2 Å². The zero-order valence-electron chi connectivity index (χ0n) is 13.6. The van der Waals surface area contributed by atoms with E-state index in [1.165, 1.54) is 26.0 Å². The first-order chi connectivity index (χ1) is 11.6. The van der Waals surface area contributed by atoms with Gasteiger partial charge in [0.2, 0.25) is 0 Å². The summed E-state index contributed by atoms with van der Waals surface area (Å²) in [5.74, 6) is -2.34. The molecular weight excluding hydrogens is 341 g/mol. The van der Waals surface area contributed by atoms with E-state index in [1.807, 2.05) is 0 Å². The van der Waals surface area contributed by atoms with Crippen LogP contribution in [0.3, 0.4) is 0 Å². The van der Waals surface area contributed by atoms with Gasteiger partial charge in [0, 0.05) is 11.4 Å². The predicted molar refractivity (Wildman–Crippen MR) is 81.7 cm³/mol. The van der Waals surface area contributed by atoms with Crippen molar-refractivity contribution in [3.63, 3.8) is 0 Å². The molecule has 1 aliphatic heterocycles. The van der Waals surface area contributed by atoms with Gasteiger partial charge in [0.05, 0.1) is 29.9 Å². The highest BCUT2D eigenvalue weighted by molar-refractivity contribution is 5.92. The first-order valence-corrected chi connectivity index (χ1v) is 7.18. The van der Waals surface area contributed by atoms with E-state index in [9.17, 15) is 28.4 Å². The third-order valence-electron chi connectivity index (χ3n) is 3.91. The number of halogens is 3. The van der Waals surface area contributed by atoms with Crippen molar-refractivity contribution in [2.45, 2.75) is 25.9 Å². The van der Waals surface area contributed by atoms with Crippen LogP contribution in [0.5, 0.6) is 0 Å². The van der Waals surface area contributed by atoms with Crippen LogP contribution in [0.2, 0.25) is 0 Å². The molecule has 0 saturated carbocycles. The molecule has 1 unspecified atom stereocenters. The minimum Gasteiger partial charge on any atom is -0.734 e. The van der Waals surface area contributed by atoms with Crippen molar-refractivity contribution in [2.75, 3.05) is 7.11 Å². The monoisotopic (exact) mass is 357 g/mol. The molecule has 1 atom stereocenters. The summed E-state index contributed by atoms with van der Waals surface area (Å²) in [6.45, 7) is 2.89. The Hall–Kier alpha value is -2.52. The molecule has 0 saturated heterocycles. The Morgan fingerprint density at radius 3 is 2.40 bits per heavy atom. The number of hydrogen-bond acceptors (Lipinski definition) is 6. The van der Waals surface area contributed by atoms with Gasteiger partial charge in [-0.05, 0) is 25.5 Å². The lowest BCUT2D eigenvalue weighted by Crippen LogP contribution is -2.34. The Labute approximate surface area is 141 Å². The molecule has 25 heavy (non-hydrogen) atoms. The van der Waals surface area contributed by atoms with Crippen LogP contribution in [-0.4, -0.2) is 23.5 Å². The molecule has 1 heterocycles. The number of dihydropyridines is 1. The summed E-state index contributed by atoms with van der Waals surface area (Å²) in [4.78, 5) is 12.2. The summed E-state index contributed by atoms with van der Waals surface area (Å²) >= 11 is 0. The molecule has 136 valence electrons. The van der Waals surface area contributed by atoms with Crippen LogP contribution in [0.4, 0.5) is 13.2 Å². The minimum absolute atomic E-state index is 0.129. The second kappa shape index (κ2) is 6.77. The summed E-state index contributed by atoms with van der Waals surface area (Å²) < 4.78 is 44.9. The lowest BCUT2D eigenvalue weighted by molar-refractivity contribution is -0.140. The molecule has 0 fully saturated rings. The van der Waals surface area contributed by atoms with Crippen LogP contribution in [0.1, 0.15) is 30.9 Å². The number of rotatable bonds is 3. The Bertz CT molecular complexity index is 754. The Kier molecular flexibility index (Phi) is 5.09. The number of hydrogen-bond donors (Lipinski definition) is 2. The number of methoxy groups -OCH3 is 1. The molecule has 0 aromatic heterocycles. The molecule has 1 aromatic rings. The number of nitrogens with one attached hydrogen (secondary N) is 1. The quantitative estimate of drug-likeness (QED) is 0.638. The molecule has 2 rings (SSSR count). The normalized spacial score (nSPS) is 18.2. The van der Waals surface area contributed by atoms with E-state index >= 15 is 0 Å². The first-order valence-electron chi connectivity index (χ1n) is 7.18. The van der Waals surface area contributed by atoms with Crippen LogP contribution in [0.15, 0.2) is 46.9 Å². The van der Waals surface area contributed by atoms with Gasteiger partial charge in [0.25, 0.3) is 0 Å². The lowest BCUT2D eigenvalue weighted by Gasteiger charge is -2.38. The van der Waals surface area contributed by atoms with Gasteiger partial charge >= 0.3 is 12.1 Å². The van der Waals surface area contributed by atoms with E-state index in [4.69, 9.17) is 0 Å². The molecule has 1 aliphatic rings. The molecule has 1 aromatic carbocycles. The minimum atomic E-state index is -4.71. The zero-order chi connectivity index (χ0) is 18.9. The standard InChI is InChI=1S/C16H16F3N2O4/c1-8-12(15(22)25-3)13(14(21(23)24)9(2)20-8)10-6-4-5-7-11(10)16(17,18)19/h4-7,13,20,23H,1-3H3/q-1. The van der Waals surface area contributed by atoms with E-state index in [0.29, 0.717) is 0 Å². The summed E-state index contributed by atoms with van der Waals surface area (Å²) in [5.41, 5.74) is -1.58. The Balaban J connectivity index is 2.80. The fourth-order valence-electron chi connectivity index (χ4n) is 2.93. The Morgan fingerprint density at radius 1 is 1.28 bits per heavy atom. The highest BCUT2D eigenvalue weighted by atomic mass is 19.4. The lowest BCUT2D eigenvalue weighted by atomic mass is 9.81. The van der Waals surface area contributed by atoms with E-state index in [0.717, 1.165) is 19.2 Å². The van der Waals surface area contributed by atoms with Crippen molar-refractivity contribution < 1.29 is 27.9 Å². The SMILES string of the molecule is COC(=O)C1=C(C)NC(C)=C(N([O-])O)C1c1ccccc1C(F)(F)F. The van der Waals surface area contributed by atoms with Gasteiger partial charge in [-0.25, -0.2) is 4.79 Å². The fourth-order valence-corrected chi connectivity index (χ4v) is 2.93. The molecule has 9 heteroatoms. The molecular formula is C16H16F3N2O4-. The number of carbonyl (C=O) groups is 1. The molecule has 0 radical (unpaired) electrons. The van der Waals surface area contributed by atoms with Gasteiger partial charge in [0.1, 0.15) is 0 Å². The number of carbonyl (C=O) groups excluding carboxylic acids is 1. The van der Waals surface area contributed by atoms with Gasteiger partial charge < -0.3 is 20.5 Å². The predicted octanol–water partition coefficient (Wildman–Crippen LogP) is 3.26. The number of allylic oxidation sites excluding steroid dienone is 3. The maximum absolute atomic E-state index is 13.4. The van der Waals surface area contributed by atoms with Gasteiger partial charge in [-0.15, -0.1) is 0 Å². The van der Waals surface area contributed by atoms with Gasteiger partial charge in [0.15, 0.2) is 0 Å². The summed E-state index contributed by atoms with van der Waals surface area (Å²) in [6.07, 6.45) is -4.71. The summed E-state index contributed by atoms with van der Waals surface area (Å²) in [6, 6.07) is 4.56. The van der Waals surface area contributed by atoms with Crippen molar-refractivity contribution in [3.8, 4) is 0 Å². The van der Waals surface area contributed by atoms with Crippen molar-refractivity contribution in [1.29, 1.82) is 0 Å². The third kappa shape index (κ3) is 3.47. The number of benzene rings is 1. The number of nitrogens with zero attached hydrogens (tertiary/aromatic N) is 1. The molecule has 6 nitrogen and oxygen atoms in total. The second-order valence-corrected chi connectivity index (χ2v) is 5.46. The number of esters is 1. The third-order valence-corrected chi connectivity index (χ3v) is 3.91. The molecule has 2 N–H and O–H groups in total. The van der Waals surface area contributed by atoms with Gasteiger partial charge in [-0.3, -0.25) is 5.21 Å². The van der Waals surface area contributed by atoms with Crippen LogP contribution < -0.4 is 5.32 Å². The van der Waals surface area contributed by atoms with Crippen molar-refractivity contribution >= 4 is 5.97 Å². The van der Waals surface area contributed by atoms with E-state index in [1.54, 1.807) is 0 Å². The largest absolute Gasteiger partial charge is 0.734 e. The molecule has 0 amide bonds. The number of alkyl halides is 3. The van der Waals surface area contributed by atoms with Crippen LogP contribution in [-0.2, 0) is 15.7 Å². The van der Waals surface area contributed by atoms with Crippen molar-refractivity contribution in [2.24, 2.45) is 0 Å². The van der Waals surface area contributed by atoms with Crippen molar-refractivity contribution in [3.05, 3.63) is 63.3 Å². The Morgan fingerprint density at radius 2 is 1.88 bits per heavy atom. The van der Waals surface area contributed by atoms with E-state index in [-0.39, 0.29) is 22.5 Å². The highest BCUT2D eigenvalue weighted by Crippen LogP contribution is 2.44. The van der Waals surface area contributed by atoms with Gasteiger partial charge in [-0.1, -0.05) is 18.2 Å². The van der Waals surface area contributed by atoms with E-state index in [2.05, 4.69) is 10.1 Å². The average molecular weight is 357 g/mol. The highest BCUT2D eigenvalue weighted by Gasteiger charge is 2.41. The molecule has 0 aliphatic carbocycles. The maximum atomic E-state index is 13.4. The number of ether oxygens (including phenoxy) is 1. The zero-order valence-corrected chi connectivity index (χ0v) is 13.6. The second-order valence-electron chi connectivity index (χ2n) is 5.46. The smallest absolute Gasteiger partial charge is 0.416 e. The maximum Gasteiger partial charge on any atom is 0.416 e. The summed E-state index contributed by atoms with van der Waals surface area (Å²) in [7, 11) is 1.08. The molecule has 0 spiro atoms.